The summed E-state index contributed by atoms with van der Waals surface area (Å²) in [7, 11) is 0. The smallest absolute Gasteiger partial charge is 0.256 e. The normalized spacial score (nSPS) is 20.6. The van der Waals surface area contributed by atoms with Crippen LogP contribution in [0.2, 0.25) is 0 Å². The predicted molar refractivity (Wildman–Crippen MR) is 177 cm³/mol. The summed E-state index contributed by atoms with van der Waals surface area (Å²) >= 11 is 0. The van der Waals surface area contributed by atoms with Crippen molar-refractivity contribution in [3.05, 3.63) is 94.3 Å². The second kappa shape index (κ2) is 12.9. The Balaban J connectivity index is 0.918. The molecule has 10 heteroatoms. The summed E-state index contributed by atoms with van der Waals surface area (Å²) in [6, 6.07) is 15.7. The predicted octanol–water partition coefficient (Wildman–Crippen LogP) is 4.72. The Morgan fingerprint density at radius 1 is 1.11 bits per heavy atom. The van der Waals surface area contributed by atoms with Crippen molar-refractivity contribution < 1.29 is 23.3 Å². The molecule has 0 radical (unpaired) electrons. The zero-order chi connectivity index (χ0) is 35.0. The molecule has 1 unspecified atom stereocenters. The van der Waals surface area contributed by atoms with Gasteiger partial charge in [-0.05, 0) is 87.1 Å². The summed E-state index contributed by atoms with van der Waals surface area (Å²) in [6.45, 7) is -1.34. The molecule has 4 aromatic rings. The zero-order valence-electron chi connectivity index (χ0n) is 28.8. The number of pyridine rings is 1. The minimum absolute atomic E-state index is 0.210. The van der Waals surface area contributed by atoms with E-state index in [1.54, 1.807) is 41.4 Å². The standard InChI is InChI=1S/C37H36N6O4/c1-42-18-6-11-31(42)30-19-26-21-38-33(20-29(26)39-30)40-35(45)25-14-12-23(13-15-25)7-3-2-4-8-24-9-5-10-27-28(24)22-43(37(27)47)32-16-17-34(44)41-36(32)46/h5,9-10,12-15,19-21,31-32,39H,2-3,6-7,11,16-18,22H2,1H3,(H,38,40,45)(H,41,44,46)/t31-,32?/m1/s1/i1D3. The lowest BCUT2D eigenvalue weighted by molar-refractivity contribution is -0.136. The fourth-order valence-corrected chi connectivity index (χ4v) is 6.64. The molecule has 238 valence electrons. The summed E-state index contributed by atoms with van der Waals surface area (Å²) < 4.78 is 23.5. The van der Waals surface area contributed by atoms with Crippen LogP contribution in [0.15, 0.2) is 60.8 Å². The fourth-order valence-electron chi connectivity index (χ4n) is 6.64. The highest BCUT2D eigenvalue weighted by Gasteiger charge is 2.39. The van der Waals surface area contributed by atoms with Crippen molar-refractivity contribution in [2.45, 2.75) is 63.6 Å². The van der Waals surface area contributed by atoms with Gasteiger partial charge in [0.1, 0.15) is 11.9 Å². The van der Waals surface area contributed by atoms with E-state index in [9.17, 15) is 19.2 Å². The van der Waals surface area contributed by atoms with Gasteiger partial charge in [0.25, 0.3) is 11.8 Å². The molecule has 4 amide bonds. The minimum Gasteiger partial charge on any atom is -0.357 e. The average Bonchev–Trinajstić information content (AvgIpc) is 3.83. The van der Waals surface area contributed by atoms with Gasteiger partial charge in [-0.2, -0.15) is 0 Å². The van der Waals surface area contributed by atoms with Gasteiger partial charge < -0.3 is 15.2 Å². The van der Waals surface area contributed by atoms with Crippen molar-refractivity contribution in [1.82, 2.24) is 25.1 Å². The second-order valence-corrected chi connectivity index (χ2v) is 12.3. The number of amides is 4. The number of likely N-dealkylation sites (tertiary alicyclic amines) is 1. The minimum atomic E-state index is -2.15. The number of hydrogen-bond acceptors (Lipinski definition) is 6. The number of H-pyrrole nitrogens is 1. The average molecular weight is 632 g/mol. The first-order valence-electron chi connectivity index (χ1n) is 17.5. The number of benzene rings is 2. The molecular weight excluding hydrogens is 592 g/mol. The lowest BCUT2D eigenvalue weighted by Gasteiger charge is -2.29. The van der Waals surface area contributed by atoms with Crippen molar-refractivity contribution in [1.29, 1.82) is 0 Å². The molecular formula is C37H36N6O4. The van der Waals surface area contributed by atoms with Gasteiger partial charge in [0, 0.05) is 69.6 Å². The number of rotatable bonds is 7. The molecule has 2 aromatic heterocycles. The fraction of sp³-hybridized carbons (Fsp3) is 0.324. The number of piperidine rings is 1. The number of hydrogen-bond donors (Lipinski definition) is 3. The molecule has 2 fully saturated rings. The monoisotopic (exact) mass is 631 g/mol. The first-order valence-corrected chi connectivity index (χ1v) is 16.0. The van der Waals surface area contributed by atoms with Crippen molar-refractivity contribution in [2.75, 3.05) is 18.8 Å². The number of fused-ring (bicyclic) bond motifs is 2. The molecule has 0 bridgehead atoms. The van der Waals surface area contributed by atoms with Crippen LogP contribution in [-0.2, 0) is 22.6 Å². The van der Waals surface area contributed by atoms with Crippen molar-refractivity contribution in [2.24, 2.45) is 0 Å². The maximum atomic E-state index is 13.1. The van der Waals surface area contributed by atoms with Gasteiger partial charge in [-0.25, -0.2) is 4.98 Å². The van der Waals surface area contributed by atoms with Crippen LogP contribution in [0, 0.1) is 11.8 Å². The quantitative estimate of drug-likeness (QED) is 0.154. The number of anilines is 1. The molecule has 2 aromatic carbocycles. The zero-order valence-corrected chi connectivity index (χ0v) is 25.8. The molecule has 5 heterocycles. The molecule has 0 aliphatic carbocycles. The number of imide groups is 1. The number of carbonyl (C=O) groups excluding carboxylic acids is 4. The Morgan fingerprint density at radius 3 is 2.81 bits per heavy atom. The summed E-state index contributed by atoms with van der Waals surface area (Å²) in [4.78, 5) is 60.8. The summed E-state index contributed by atoms with van der Waals surface area (Å²) in [6.07, 6.45) is 6.01. The Bertz CT molecular complexity index is 2060. The molecule has 0 spiro atoms. The van der Waals surface area contributed by atoms with E-state index in [1.165, 1.54) is 4.90 Å². The lowest BCUT2D eigenvalue weighted by atomic mass is 10.0. The number of aromatic amines is 1. The summed E-state index contributed by atoms with van der Waals surface area (Å²) in [5.41, 5.74) is 5.30. The maximum absolute atomic E-state index is 13.1. The lowest BCUT2D eigenvalue weighted by Crippen LogP contribution is -2.52. The molecule has 10 nitrogen and oxygen atoms in total. The molecule has 2 atom stereocenters. The van der Waals surface area contributed by atoms with E-state index in [0.717, 1.165) is 59.0 Å². The van der Waals surface area contributed by atoms with E-state index in [2.05, 4.69) is 32.4 Å². The third-order valence-corrected chi connectivity index (χ3v) is 9.17. The SMILES string of the molecule is [2H]C([2H])([2H])N1CCC[C@@H]1c1cc2cnc(NC(=O)c3ccc(CCCC#Cc4cccc5c4CN(C4CCC(=O)NC4=O)C5=O)cc3)cc2[nH]1. The first kappa shape index (κ1) is 26.9. The number of aryl methyl sites for hydroxylation is 1. The van der Waals surface area contributed by atoms with E-state index in [1.807, 2.05) is 24.3 Å². The number of unbranched alkanes of at least 4 members (excludes halogenated alkanes) is 1. The van der Waals surface area contributed by atoms with E-state index < -0.39 is 18.9 Å². The molecule has 2 saturated heterocycles. The van der Waals surface area contributed by atoms with Crippen molar-refractivity contribution in [3.63, 3.8) is 0 Å². The van der Waals surface area contributed by atoms with Gasteiger partial charge in [0.2, 0.25) is 11.8 Å². The maximum Gasteiger partial charge on any atom is 0.256 e. The topological polar surface area (TPSA) is 128 Å². The Kier molecular flexibility index (Phi) is 7.36. The van der Waals surface area contributed by atoms with Gasteiger partial charge >= 0.3 is 0 Å². The van der Waals surface area contributed by atoms with E-state index in [0.29, 0.717) is 36.3 Å². The van der Waals surface area contributed by atoms with Crippen LogP contribution in [0.5, 0.6) is 0 Å². The molecule has 3 aliphatic heterocycles. The van der Waals surface area contributed by atoms with E-state index in [4.69, 9.17) is 4.11 Å². The molecule has 47 heavy (non-hydrogen) atoms. The second-order valence-electron chi connectivity index (χ2n) is 12.3. The van der Waals surface area contributed by atoms with Crippen LogP contribution in [0.4, 0.5) is 5.82 Å². The third kappa shape index (κ3) is 6.27. The highest BCUT2D eigenvalue weighted by atomic mass is 16.2. The van der Waals surface area contributed by atoms with Crippen molar-refractivity contribution in [3.8, 4) is 11.8 Å². The van der Waals surface area contributed by atoms with Crippen LogP contribution in [-0.4, -0.2) is 63.0 Å². The highest BCUT2D eigenvalue weighted by Crippen LogP contribution is 2.32. The van der Waals surface area contributed by atoms with Gasteiger partial charge in [-0.3, -0.25) is 29.4 Å². The van der Waals surface area contributed by atoms with E-state index >= 15 is 0 Å². The summed E-state index contributed by atoms with van der Waals surface area (Å²) in [5.74, 6) is 5.57. The van der Waals surface area contributed by atoms with Crippen LogP contribution < -0.4 is 10.6 Å². The molecule has 3 N–H and O–H groups in total. The Hall–Kier alpha value is -5.27. The largest absolute Gasteiger partial charge is 0.357 e. The van der Waals surface area contributed by atoms with Gasteiger partial charge in [-0.1, -0.05) is 30.0 Å². The number of carbonyl (C=O) groups is 4. The molecule has 3 aliphatic rings. The number of nitrogens with zero attached hydrogens (tertiary/aromatic N) is 3. The van der Waals surface area contributed by atoms with Crippen molar-refractivity contribution >= 4 is 40.3 Å². The van der Waals surface area contributed by atoms with Crippen LogP contribution in [0.25, 0.3) is 10.9 Å². The summed E-state index contributed by atoms with van der Waals surface area (Å²) in [5, 5.41) is 6.04. The Morgan fingerprint density at radius 2 is 1.98 bits per heavy atom. The molecule has 7 rings (SSSR count). The van der Waals surface area contributed by atoms with Crippen LogP contribution in [0.3, 0.4) is 0 Å². The van der Waals surface area contributed by atoms with Crippen LogP contribution in [0.1, 0.15) is 91.8 Å². The Labute approximate surface area is 277 Å². The van der Waals surface area contributed by atoms with Gasteiger partial charge in [0.15, 0.2) is 0 Å². The third-order valence-electron chi connectivity index (χ3n) is 9.17. The number of nitrogens with one attached hydrogen (secondary N) is 3. The number of aromatic nitrogens is 2. The first-order chi connectivity index (χ1) is 24.0. The van der Waals surface area contributed by atoms with Gasteiger partial charge in [-0.15, -0.1) is 0 Å². The van der Waals surface area contributed by atoms with Crippen LogP contribution >= 0.6 is 0 Å². The van der Waals surface area contributed by atoms with E-state index in [-0.39, 0.29) is 36.7 Å². The highest BCUT2D eigenvalue weighted by molar-refractivity contribution is 6.06. The molecule has 0 saturated carbocycles. The van der Waals surface area contributed by atoms with Gasteiger partial charge in [0.05, 0.1) is 5.52 Å².